The van der Waals surface area contributed by atoms with Crippen LogP contribution in [-0.2, 0) is 24.3 Å². The Kier molecular flexibility index (Phi) is 4.53. The first-order valence-corrected chi connectivity index (χ1v) is 9.51. The van der Waals surface area contributed by atoms with Crippen LogP contribution in [0.4, 0.5) is 0 Å². The second kappa shape index (κ2) is 5.26. The van der Waals surface area contributed by atoms with Gasteiger partial charge in [-0.2, -0.15) is 0 Å². The number of benzene rings is 1. The fraction of sp³-hybridized carbons (Fsp3) is 0.143. The van der Waals surface area contributed by atoms with Crippen LogP contribution in [-0.4, -0.2) is 8.42 Å². The van der Waals surface area contributed by atoms with E-state index in [9.17, 15) is 17.5 Å². The molecule has 1 rings (SSSR count). The Morgan fingerprint density at radius 2 is 1.73 bits per heavy atom. The standard InChI is InChI=1S/C7H8O4P2S2/c8-13(9)14-5-6-1-3-7(4-2-6)15(10,11)12/h1-4H,5,12H2. The molecule has 0 N–H and O–H groups in total. The molecule has 0 aliphatic rings. The summed E-state index contributed by atoms with van der Waals surface area (Å²) in [5, 5.41) is 0. The highest BCUT2D eigenvalue weighted by Crippen LogP contribution is 2.29. The van der Waals surface area contributed by atoms with E-state index in [0.29, 0.717) is 5.75 Å². The highest BCUT2D eigenvalue weighted by molar-refractivity contribution is 8.47. The van der Waals surface area contributed by atoms with Crippen molar-refractivity contribution in [1.29, 1.82) is 0 Å². The van der Waals surface area contributed by atoms with Crippen LogP contribution in [0, 0.1) is 0 Å². The minimum atomic E-state index is -3.26. The molecule has 8 heteroatoms. The van der Waals surface area contributed by atoms with Gasteiger partial charge in [-0.15, -0.1) is 0 Å². The Hall–Kier alpha value is -0.150. The van der Waals surface area contributed by atoms with Crippen LogP contribution in [0.5, 0.6) is 0 Å². The highest BCUT2D eigenvalue weighted by atomic mass is 32.7. The molecule has 1 unspecified atom stereocenters. The molecule has 1 aromatic rings. The zero-order chi connectivity index (χ0) is 11.5. The van der Waals surface area contributed by atoms with Crippen molar-refractivity contribution in [3.63, 3.8) is 0 Å². The molecule has 0 aromatic heterocycles. The number of hydrogen-bond acceptors (Lipinski definition) is 5. The van der Waals surface area contributed by atoms with Crippen LogP contribution in [0.2, 0.25) is 0 Å². The zero-order valence-corrected chi connectivity index (χ0v) is 11.2. The van der Waals surface area contributed by atoms with E-state index in [1.54, 1.807) is 20.6 Å². The van der Waals surface area contributed by atoms with Gasteiger partial charge < -0.3 is 0 Å². The molecule has 0 amide bonds. The largest absolute Gasteiger partial charge is 0.378 e. The van der Waals surface area contributed by atoms with Crippen LogP contribution in [0.3, 0.4) is 0 Å². The van der Waals surface area contributed by atoms with E-state index in [1.807, 2.05) is 0 Å². The molecule has 1 aromatic carbocycles. The molecule has 4 nitrogen and oxygen atoms in total. The summed E-state index contributed by atoms with van der Waals surface area (Å²) in [5.74, 6) is 0.329. The van der Waals surface area contributed by atoms with Crippen molar-refractivity contribution >= 4 is 36.2 Å². The molecule has 0 fully saturated rings. The molecule has 15 heavy (non-hydrogen) atoms. The lowest BCUT2D eigenvalue weighted by Gasteiger charge is -1.99. The highest BCUT2D eigenvalue weighted by Gasteiger charge is 2.06. The molecule has 0 saturated carbocycles. The van der Waals surface area contributed by atoms with E-state index < -0.39 is 16.3 Å². The number of hydrogen-bond donors (Lipinski definition) is 0. The van der Waals surface area contributed by atoms with Crippen molar-refractivity contribution in [2.45, 2.75) is 10.6 Å². The molecular formula is C7H8O4P2S2. The summed E-state index contributed by atoms with van der Waals surface area (Å²) in [6, 6.07) is 6.11. The normalized spacial score (nSPS) is 11.3. The van der Waals surface area contributed by atoms with Crippen LogP contribution >= 0.6 is 26.7 Å². The lowest BCUT2D eigenvalue weighted by Crippen LogP contribution is -1.89. The fourth-order valence-corrected chi connectivity index (χ4v) is 3.10. The maximum atomic E-state index is 11.1. The van der Waals surface area contributed by atoms with Gasteiger partial charge in [-0.1, -0.05) is 12.1 Å². The summed E-state index contributed by atoms with van der Waals surface area (Å²) < 4.78 is 42.7. The van der Waals surface area contributed by atoms with Crippen molar-refractivity contribution < 1.29 is 17.5 Å². The third-order valence-electron chi connectivity index (χ3n) is 1.59. The monoisotopic (exact) mass is 282 g/mol. The maximum absolute atomic E-state index is 11.1. The van der Waals surface area contributed by atoms with Crippen molar-refractivity contribution in [3.8, 4) is 0 Å². The Balaban J connectivity index is 2.82. The second-order valence-electron chi connectivity index (χ2n) is 2.69. The summed E-state index contributed by atoms with van der Waals surface area (Å²) in [4.78, 5) is 0.202. The van der Waals surface area contributed by atoms with Gasteiger partial charge in [0.15, 0.2) is 9.46 Å². The van der Waals surface area contributed by atoms with Gasteiger partial charge in [-0.05, 0) is 37.5 Å². The molecule has 0 aliphatic heterocycles. The maximum Gasteiger partial charge on any atom is 0.378 e. The SMILES string of the molecule is O=P(=O)SCc1ccc(S(=O)(=O)P)cc1. The summed E-state index contributed by atoms with van der Waals surface area (Å²) in [7, 11) is -1.50. The first kappa shape index (κ1) is 12.9. The van der Waals surface area contributed by atoms with E-state index in [0.717, 1.165) is 16.9 Å². The molecule has 0 heterocycles. The molecule has 1 atom stereocenters. The number of rotatable bonds is 4. The molecule has 0 bridgehead atoms. The molecule has 82 valence electrons. The van der Waals surface area contributed by atoms with Gasteiger partial charge in [0, 0.05) is 5.75 Å². The van der Waals surface area contributed by atoms with Gasteiger partial charge in [0.1, 0.15) is 0 Å². The van der Waals surface area contributed by atoms with Gasteiger partial charge in [0.2, 0.25) is 0 Å². The Bertz CT molecular complexity index is 496. The predicted octanol–water partition coefficient (Wildman–Crippen LogP) is 2.57. The van der Waals surface area contributed by atoms with Gasteiger partial charge in [0.05, 0.1) is 4.90 Å². The Labute approximate surface area is 94.3 Å². The predicted molar refractivity (Wildman–Crippen MR) is 62.9 cm³/mol. The van der Waals surface area contributed by atoms with Gasteiger partial charge in [-0.3, -0.25) is 0 Å². The zero-order valence-electron chi connectivity index (χ0n) is 7.49. The lowest BCUT2D eigenvalue weighted by atomic mass is 10.2. The van der Waals surface area contributed by atoms with Gasteiger partial charge >= 0.3 is 6.88 Å². The van der Waals surface area contributed by atoms with Gasteiger partial charge in [0.25, 0.3) is 0 Å². The lowest BCUT2D eigenvalue weighted by molar-refractivity contribution is 0.527. The van der Waals surface area contributed by atoms with Crippen LogP contribution in [0.25, 0.3) is 0 Å². The summed E-state index contributed by atoms with van der Waals surface area (Å²) in [5.41, 5.74) is 0.775. The van der Waals surface area contributed by atoms with Crippen LogP contribution in [0.1, 0.15) is 5.56 Å². The van der Waals surface area contributed by atoms with E-state index >= 15 is 0 Å². The van der Waals surface area contributed by atoms with Gasteiger partial charge in [-0.25, -0.2) is 17.5 Å². The smallest absolute Gasteiger partial charge is 0.225 e. The van der Waals surface area contributed by atoms with E-state index in [-0.39, 0.29) is 4.90 Å². The Morgan fingerprint density at radius 3 is 2.13 bits per heavy atom. The average molecular weight is 282 g/mol. The van der Waals surface area contributed by atoms with Crippen LogP contribution < -0.4 is 0 Å². The topological polar surface area (TPSA) is 68.3 Å². The second-order valence-corrected chi connectivity index (χ2v) is 8.77. The van der Waals surface area contributed by atoms with Crippen molar-refractivity contribution in [2.75, 3.05) is 0 Å². The van der Waals surface area contributed by atoms with Crippen LogP contribution in [0.15, 0.2) is 29.2 Å². The minimum Gasteiger partial charge on any atom is -0.225 e. The molecule has 0 radical (unpaired) electrons. The first-order chi connectivity index (χ1) is 6.89. The molecule has 0 saturated heterocycles. The van der Waals surface area contributed by atoms with Crippen molar-refractivity contribution in [2.24, 2.45) is 0 Å². The van der Waals surface area contributed by atoms with E-state index in [4.69, 9.17) is 0 Å². The minimum absolute atomic E-state index is 0.202. The first-order valence-electron chi connectivity index (χ1n) is 3.78. The van der Waals surface area contributed by atoms with Crippen molar-refractivity contribution in [3.05, 3.63) is 29.8 Å². The average Bonchev–Trinajstić information content (AvgIpc) is 2.14. The van der Waals surface area contributed by atoms with E-state index in [2.05, 4.69) is 0 Å². The van der Waals surface area contributed by atoms with Crippen molar-refractivity contribution in [1.82, 2.24) is 0 Å². The Morgan fingerprint density at radius 1 is 1.20 bits per heavy atom. The fourth-order valence-electron chi connectivity index (χ4n) is 0.903. The summed E-state index contributed by atoms with van der Waals surface area (Å²) in [6.07, 6.45) is 0. The third-order valence-corrected chi connectivity index (χ3v) is 5.03. The third kappa shape index (κ3) is 4.47. The summed E-state index contributed by atoms with van der Waals surface area (Å²) >= 11 is 0.797. The van der Waals surface area contributed by atoms with E-state index in [1.165, 1.54) is 12.1 Å². The molecule has 0 spiro atoms. The quantitative estimate of drug-likeness (QED) is 0.794. The molecular weight excluding hydrogens is 274 g/mol. The summed E-state index contributed by atoms with van der Waals surface area (Å²) in [6.45, 7) is -2.46. The molecule has 0 aliphatic carbocycles.